The second-order valence-corrected chi connectivity index (χ2v) is 0.951. The molecule has 4 N–H and O–H groups in total. The zero-order chi connectivity index (χ0) is 14.3. The van der Waals surface area contributed by atoms with Crippen molar-refractivity contribution in [1.29, 1.82) is 0 Å². The number of nitrogens with zero attached hydrogens (tertiary/aromatic N) is 4. The Balaban J connectivity index is -0.0000000369. The first-order valence-corrected chi connectivity index (χ1v) is 2.26. The van der Waals surface area contributed by atoms with Crippen LogP contribution in [0.5, 0.6) is 0 Å². The minimum Gasteiger partial charge on any atom is -0.328 e. The molecule has 0 saturated carbocycles. The van der Waals surface area contributed by atoms with Gasteiger partial charge in [-0.05, 0) is 0 Å². The molecule has 16 nitrogen and oxygen atoms in total. The first-order valence-electron chi connectivity index (χ1n) is 2.26. The summed E-state index contributed by atoms with van der Waals surface area (Å²) < 4.78 is 0. The minimum absolute atomic E-state index is 0. The first kappa shape index (κ1) is 29.5. The van der Waals surface area contributed by atoms with Gasteiger partial charge in [-0.15, -0.1) is 40.5 Å². The normalized spacial score (nSPS) is 5.65. The molecular weight excluding hydrogens is 287 g/mol. The molecule has 0 saturated heterocycles. The Morgan fingerprint density at radius 1 is 0.529 bits per heavy atom. The minimum atomic E-state index is -1.50. The molecular formula is H4KN4O12. The SMILES string of the molecule is O=[N+]([O-])O.O=[N+]([O-])O.O=[N+]([O-])O.O=[N+]([O-])O.[K]. The molecule has 0 aromatic rings. The molecule has 0 heterocycles. The average molecular weight is 291 g/mol. The maximum Gasteiger partial charge on any atom is 0.291 e. The molecule has 17 heteroatoms. The predicted molar refractivity (Wildman–Crippen MR) is 40.9 cm³/mol. The Hall–Kier alpha value is -1.56. The van der Waals surface area contributed by atoms with Crippen LogP contribution in [0.3, 0.4) is 0 Å². The molecule has 17 heavy (non-hydrogen) atoms. The fraction of sp³-hybridized carbons (Fsp3) is 0. The van der Waals surface area contributed by atoms with E-state index in [2.05, 4.69) is 0 Å². The van der Waals surface area contributed by atoms with Gasteiger partial charge < -0.3 is 20.8 Å². The second kappa shape index (κ2) is 23.9. The van der Waals surface area contributed by atoms with Crippen molar-refractivity contribution in [2.75, 3.05) is 0 Å². The van der Waals surface area contributed by atoms with Crippen LogP contribution in [-0.4, -0.2) is 92.6 Å². The summed E-state index contributed by atoms with van der Waals surface area (Å²) in [5.41, 5.74) is 0. The molecule has 0 unspecified atom stereocenters. The zero-order valence-electron chi connectivity index (χ0n) is 7.84. The van der Waals surface area contributed by atoms with Gasteiger partial charge in [0.1, 0.15) is 0 Å². The van der Waals surface area contributed by atoms with Gasteiger partial charge in [0.15, 0.2) is 0 Å². The first-order chi connectivity index (χ1) is 6.93. The van der Waals surface area contributed by atoms with E-state index in [9.17, 15) is 0 Å². The third-order valence-corrected chi connectivity index (χ3v) is 0. The van der Waals surface area contributed by atoms with Crippen molar-refractivity contribution in [2.45, 2.75) is 0 Å². The Morgan fingerprint density at radius 2 is 0.529 bits per heavy atom. The summed E-state index contributed by atoms with van der Waals surface area (Å²) in [6.07, 6.45) is 0. The Bertz CT molecular complexity index is 159. The number of hydrogen-bond donors (Lipinski definition) is 4. The van der Waals surface area contributed by atoms with Crippen LogP contribution in [-0.2, 0) is 0 Å². The fourth-order valence-electron chi connectivity index (χ4n) is 0. The summed E-state index contributed by atoms with van der Waals surface area (Å²) in [5, 5.41) is 54.6. The van der Waals surface area contributed by atoms with Gasteiger partial charge in [-0.25, -0.2) is 0 Å². The Kier molecular flexibility index (Phi) is 41.6. The van der Waals surface area contributed by atoms with Crippen LogP contribution in [0.25, 0.3) is 0 Å². The molecule has 0 aliphatic heterocycles. The van der Waals surface area contributed by atoms with Gasteiger partial charge in [0, 0.05) is 51.4 Å². The Labute approximate surface area is 132 Å². The van der Waals surface area contributed by atoms with Crippen LogP contribution in [0.1, 0.15) is 0 Å². The van der Waals surface area contributed by atoms with Crippen LogP contribution in [0.15, 0.2) is 0 Å². The van der Waals surface area contributed by atoms with Crippen LogP contribution in [0.2, 0.25) is 0 Å². The molecule has 97 valence electrons. The monoisotopic (exact) mass is 291 g/mol. The van der Waals surface area contributed by atoms with E-state index in [1.807, 2.05) is 0 Å². The van der Waals surface area contributed by atoms with Gasteiger partial charge in [0.2, 0.25) is 0 Å². The molecule has 0 rings (SSSR count). The van der Waals surface area contributed by atoms with Crippen molar-refractivity contribution in [3.8, 4) is 0 Å². The summed E-state index contributed by atoms with van der Waals surface area (Å²) in [5.74, 6) is 0. The van der Waals surface area contributed by atoms with Crippen molar-refractivity contribution in [2.24, 2.45) is 0 Å². The predicted octanol–water partition coefficient (Wildman–Crippen LogP) is -1.77. The number of hydrogen-bond acceptors (Lipinski definition) is 8. The maximum absolute atomic E-state index is 8.36. The van der Waals surface area contributed by atoms with Crippen LogP contribution in [0, 0.1) is 40.5 Å². The average Bonchev–Trinajstić information content (AvgIpc) is 1.76. The molecule has 0 fully saturated rings. The van der Waals surface area contributed by atoms with Crippen molar-refractivity contribution < 1.29 is 41.2 Å². The summed E-state index contributed by atoms with van der Waals surface area (Å²) in [4.78, 5) is 33.4. The topological polar surface area (TPSA) is 253 Å². The third kappa shape index (κ3) is 913. The van der Waals surface area contributed by atoms with E-state index in [0.717, 1.165) is 0 Å². The van der Waals surface area contributed by atoms with Gasteiger partial charge in [-0.3, -0.25) is 0 Å². The van der Waals surface area contributed by atoms with Crippen LogP contribution in [0.4, 0.5) is 0 Å². The molecule has 0 amide bonds. The van der Waals surface area contributed by atoms with E-state index in [1.165, 1.54) is 0 Å². The Morgan fingerprint density at radius 3 is 0.529 bits per heavy atom. The molecule has 0 bridgehead atoms. The van der Waals surface area contributed by atoms with Crippen molar-refractivity contribution in [1.82, 2.24) is 0 Å². The van der Waals surface area contributed by atoms with E-state index < -0.39 is 20.3 Å². The van der Waals surface area contributed by atoms with Crippen molar-refractivity contribution in [3.63, 3.8) is 0 Å². The summed E-state index contributed by atoms with van der Waals surface area (Å²) >= 11 is 0. The van der Waals surface area contributed by atoms with Gasteiger partial charge >= 0.3 is 0 Å². The number of rotatable bonds is 0. The molecule has 0 aromatic carbocycles. The third-order valence-electron chi connectivity index (χ3n) is 0. The van der Waals surface area contributed by atoms with E-state index >= 15 is 0 Å². The summed E-state index contributed by atoms with van der Waals surface area (Å²) in [7, 11) is 0. The van der Waals surface area contributed by atoms with Crippen molar-refractivity contribution in [3.05, 3.63) is 40.5 Å². The van der Waals surface area contributed by atoms with Gasteiger partial charge in [0.25, 0.3) is 20.3 Å². The largest absolute Gasteiger partial charge is 0.328 e. The van der Waals surface area contributed by atoms with E-state index in [-0.39, 0.29) is 51.4 Å². The smallest absolute Gasteiger partial charge is 0.291 e. The van der Waals surface area contributed by atoms with Crippen LogP contribution >= 0.6 is 0 Å². The standard InChI is InChI=1S/K.4HNO3/c;4*2-1(3)4/h;4*(H,2,3,4). The summed E-state index contributed by atoms with van der Waals surface area (Å²) in [6, 6.07) is 0. The van der Waals surface area contributed by atoms with Gasteiger partial charge in [0.05, 0.1) is 0 Å². The van der Waals surface area contributed by atoms with E-state index in [4.69, 9.17) is 61.3 Å². The van der Waals surface area contributed by atoms with Crippen LogP contribution < -0.4 is 0 Å². The van der Waals surface area contributed by atoms with E-state index in [1.54, 1.807) is 0 Å². The zero-order valence-corrected chi connectivity index (χ0v) is 11.0. The van der Waals surface area contributed by atoms with E-state index in [0.29, 0.717) is 0 Å². The van der Waals surface area contributed by atoms with Crippen molar-refractivity contribution >= 4 is 51.4 Å². The summed E-state index contributed by atoms with van der Waals surface area (Å²) in [6.45, 7) is 0. The molecule has 1 radical (unpaired) electrons. The maximum atomic E-state index is 8.36. The van der Waals surface area contributed by atoms with Gasteiger partial charge in [-0.2, -0.15) is 0 Å². The molecule has 0 aliphatic carbocycles. The molecule has 0 aromatic heterocycles. The van der Waals surface area contributed by atoms with Gasteiger partial charge in [-0.1, -0.05) is 0 Å². The fourth-order valence-corrected chi connectivity index (χ4v) is 0. The molecule has 0 aliphatic rings. The molecule has 0 atom stereocenters. The quantitative estimate of drug-likeness (QED) is 0.219. The second-order valence-electron chi connectivity index (χ2n) is 0.951. The molecule has 0 spiro atoms.